The molecule has 0 aliphatic rings. The number of nitrogens with one attached hydrogen (secondary N) is 1. The number of carbonyl (C=O) groups is 1. The summed E-state index contributed by atoms with van der Waals surface area (Å²) in [6.07, 6.45) is 2.85. The summed E-state index contributed by atoms with van der Waals surface area (Å²) in [7, 11) is 0. The third-order valence-electron chi connectivity index (χ3n) is 2.22. The topological polar surface area (TPSA) is 62.1 Å². The highest BCUT2D eigenvalue weighted by Gasteiger charge is 2.02. The number of ether oxygens (including phenoxy) is 1. The average Bonchev–Trinajstić information content (AvgIpc) is 2.38. The molecule has 4 heteroatoms. The number of carbonyl (C=O) groups excluding carboxylic acids is 1. The maximum atomic E-state index is 11.6. The van der Waals surface area contributed by atoms with E-state index in [1.165, 1.54) is 0 Å². The summed E-state index contributed by atoms with van der Waals surface area (Å²) in [6, 6.07) is 8.82. The fraction of sp³-hybridized carbons (Fsp3) is 0.286. The lowest BCUT2D eigenvalue weighted by molar-refractivity contribution is -0.117. The number of rotatable bonds is 7. The molecule has 0 saturated carbocycles. The molecule has 0 unspecified atom stereocenters. The van der Waals surface area contributed by atoms with E-state index in [-0.39, 0.29) is 5.91 Å². The van der Waals surface area contributed by atoms with Gasteiger partial charge in [0.25, 0.3) is 0 Å². The van der Waals surface area contributed by atoms with Gasteiger partial charge < -0.3 is 10.1 Å². The Morgan fingerprint density at radius 2 is 2.33 bits per heavy atom. The molecule has 1 aromatic carbocycles. The third kappa shape index (κ3) is 5.28. The number of benzene rings is 1. The van der Waals surface area contributed by atoms with E-state index in [0.717, 1.165) is 6.42 Å². The van der Waals surface area contributed by atoms with Crippen LogP contribution in [-0.4, -0.2) is 19.1 Å². The third-order valence-corrected chi connectivity index (χ3v) is 2.22. The van der Waals surface area contributed by atoms with Crippen LogP contribution in [-0.2, 0) is 9.53 Å². The van der Waals surface area contributed by atoms with Gasteiger partial charge in [0.05, 0.1) is 31.3 Å². The van der Waals surface area contributed by atoms with Crippen LogP contribution in [0.15, 0.2) is 36.9 Å². The van der Waals surface area contributed by atoms with Gasteiger partial charge in [-0.2, -0.15) is 5.26 Å². The second-order valence-electron chi connectivity index (χ2n) is 3.68. The second kappa shape index (κ2) is 8.04. The zero-order valence-corrected chi connectivity index (χ0v) is 10.2. The van der Waals surface area contributed by atoms with Crippen LogP contribution in [0.25, 0.3) is 0 Å². The molecule has 1 aromatic rings. The van der Waals surface area contributed by atoms with Crippen molar-refractivity contribution in [2.45, 2.75) is 12.8 Å². The molecule has 0 radical (unpaired) electrons. The van der Waals surface area contributed by atoms with Gasteiger partial charge in [0.2, 0.25) is 5.91 Å². The summed E-state index contributed by atoms with van der Waals surface area (Å²) in [4.78, 5) is 11.6. The molecule has 0 aliphatic carbocycles. The molecule has 0 aliphatic heterocycles. The van der Waals surface area contributed by atoms with Gasteiger partial charge in [0, 0.05) is 5.69 Å². The predicted octanol–water partition coefficient (Wildman–Crippen LogP) is 2.48. The van der Waals surface area contributed by atoms with Crippen LogP contribution in [0.1, 0.15) is 18.4 Å². The molecule has 0 bridgehead atoms. The van der Waals surface area contributed by atoms with E-state index in [9.17, 15) is 4.79 Å². The number of nitrogens with zero attached hydrogens (tertiary/aromatic N) is 1. The Hall–Kier alpha value is -2.12. The Morgan fingerprint density at radius 1 is 1.50 bits per heavy atom. The van der Waals surface area contributed by atoms with Gasteiger partial charge in [-0.3, -0.25) is 4.79 Å². The standard InChI is InChI=1S/C14H16N2O2/c1-2-3-8-18-9-7-14(17)16-13-6-4-5-12(10-13)11-15/h2,4-6,10H,1,3,7-9H2,(H,16,17). The van der Waals surface area contributed by atoms with E-state index in [4.69, 9.17) is 10.00 Å². The van der Waals surface area contributed by atoms with Crippen molar-refractivity contribution in [2.24, 2.45) is 0 Å². The number of nitriles is 1. The van der Waals surface area contributed by atoms with E-state index in [2.05, 4.69) is 11.9 Å². The number of anilines is 1. The van der Waals surface area contributed by atoms with E-state index in [0.29, 0.717) is 30.9 Å². The summed E-state index contributed by atoms with van der Waals surface area (Å²) in [6.45, 7) is 4.55. The van der Waals surface area contributed by atoms with Crippen molar-refractivity contribution in [1.82, 2.24) is 0 Å². The smallest absolute Gasteiger partial charge is 0.226 e. The Balaban J connectivity index is 2.31. The molecule has 0 spiro atoms. The van der Waals surface area contributed by atoms with Gasteiger partial charge in [0.15, 0.2) is 0 Å². The molecular formula is C14H16N2O2. The Morgan fingerprint density at radius 3 is 3.06 bits per heavy atom. The number of hydrogen-bond donors (Lipinski definition) is 1. The van der Waals surface area contributed by atoms with Crippen LogP contribution in [0.5, 0.6) is 0 Å². The van der Waals surface area contributed by atoms with Gasteiger partial charge in [-0.05, 0) is 24.6 Å². The monoisotopic (exact) mass is 244 g/mol. The Labute approximate surface area is 107 Å². The van der Waals surface area contributed by atoms with Crippen molar-refractivity contribution in [3.8, 4) is 6.07 Å². The molecule has 1 rings (SSSR count). The first kappa shape index (κ1) is 13.9. The first-order valence-electron chi connectivity index (χ1n) is 5.75. The van der Waals surface area contributed by atoms with Gasteiger partial charge in [-0.1, -0.05) is 12.1 Å². The maximum Gasteiger partial charge on any atom is 0.226 e. The normalized spacial score (nSPS) is 9.50. The molecule has 1 N–H and O–H groups in total. The van der Waals surface area contributed by atoms with Gasteiger partial charge in [-0.25, -0.2) is 0 Å². The molecular weight excluding hydrogens is 228 g/mol. The minimum atomic E-state index is -0.122. The van der Waals surface area contributed by atoms with E-state index >= 15 is 0 Å². The lowest BCUT2D eigenvalue weighted by atomic mass is 10.2. The second-order valence-corrected chi connectivity index (χ2v) is 3.68. The van der Waals surface area contributed by atoms with Crippen LogP contribution < -0.4 is 5.32 Å². The molecule has 94 valence electrons. The van der Waals surface area contributed by atoms with Crippen molar-refractivity contribution in [2.75, 3.05) is 18.5 Å². The van der Waals surface area contributed by atoms with Crippen LogP contribution in [0.4, 0.5) is 5.69 Å². The van der Waals surface area contributed by atoms with Crippen LogP contribution in [0, 0.1) is 11.3 Å². The summed E-state index contributed by atoms with van der Waals surface area (Å²) >= 11 is 0. The van der Waals surface area contributed by atoms with Gasteiger partial charge in [0.1, 0.15) is 0 Å². The zero-order chi connectivity index (χ0) is 13.2. The molecule has 0 aromatic heterocycles. The van der Waals surface area contributed by atoms with Crippen LogP contribution in [0.3, 0.4) is 0 Å². The van der Waals surface area contributed by atoms with Crippen molar-refractivity contribution in [3.05, 3.63) is 42.5 Å². The molecule has 0 fully saturated rings. The molecule has 0 atom stereocenters. The summed E-state index contributed by atoms with van der Waals surface area (Å²) in [5.41, 5.74) is 1.15. The molecule has 0 saturated heterocycles. The summed E-state index contributed by atoms with van der Waals surface area (Å²) in [5, 5.41) is 11.4. The maximum absolute atomic E-state index is 11.6. The van der Waals surface area contributed by atoms with E-state index in [1.807, 2.05) is 6.07 Å². The average molecular weight is 244 g/mol. The van der Waals surface area contributed by atoms with Crippen LogP contribution >= 0.6 is 0 Å². The first-order chi connectivity index (χ1) is 8.76. The fourth-order valence-electron chi connectivity index (χ4n) is 1.32. The minimum Gasteiger partial charge on any atom is -0.381 e. The Kier molecular flexibility index (Phi) is 6.23. The van der Waals surface area contributed by atoms with Gasteiger partial charge >= 0.3 is 0 Å². The highest BCUT2D eigenvalue weighted by Crippen LogP contribution is 2.09. The SMILES string of the molecule is C=CCCOCCC(=O)Nc1cccc(C#N)c1. The number of hydrogen-bond acceptors (Lipinski definition) is 3. The molecule has 0 heterocycles. The first-order valence-corrected chi connectivity index (χ1v) is 5.75. The summed E-state index contributed by atoms with van der Waals surface area (Å²) in [5.74, 6) is -0.122. The number of amides is 1. The van der Waals surface area contributed by atoms with Crippen molar-refractivity contribution in [1.29, 1.82) is 5.26 Å². The molecule has 4 nitrogen and oxygen atoms in total. The van der Waals surface area contributed by atoms with E-state index in [1.54, 1.807) is 30.3 Å². The van der Waals surface area contributed by atoms with Gasteiger partial charge in [-0.15, -0.1) is 6.58 Å². The van der Waals surface area contributed by atoms with E-state index < -0.39 is 0 Å². The highest BCUT2D eigenvalue weighted by atomic mass is 16.5. The minimum absolute atomic E-state index is 0.122. The quantitative estimate of drug-likeness (QED) is 0.592. The molecule has 18 heavy (non-hydrogen) atoms. The summed E-state index contributed by atoms with van der Waals surface area (Å²) < 4.78 is 5.24. The molecule has 1 amide bonds. The fourth-order valence-corrected chi connectivity index (χ4v) is 1.32. The predicted molar refractivity (Wildman–Crippen MR) is 70.0 cm³/mol. The van der Waals surface area contributed by atoms with Crippen molar-refractivity contribution >= 4 is 11.6 Å². The lowest BCUT2D eigenvalue weighted by Gasteiger charge is -2.05. The van der Waals surface area contributed by atoms with Crippen LogP contribution in [0.2, 0.25) is 0 Å². The zero-order valence-electron chi connectivity index (χ0n) is 10.2. The van der Waals surface area contributed by atoms with Crippen molar-refractivity contribution < 1.29 is 9.53 Å². The highest BCUT2D eigenvalue weighted by molar-refractivity contribution is 5.90. The van der Waals surface area contributed by atoms with Crippen molar-refractivity contribution in [3.63, 3.8) is 0 Å². The Bertz CT molecular complexity index is 449. The lowest BCUT2D eigenvalue weighted by Crippen LogP contribution is -2.14. The largest absolute Gasteiger partial charge is 0.381 e.